The van der Waals surface area contributed by atoms with Gasteiger partial charge in [0.1, 0.15) is 29.5 Å². The van der Waals surface area contributed by atoms with Crippen LogP contribution >= 0.6 is 0 Å². The Hall–Kier alpha value is -2.84. The van der Waals surface area contributed by atoms with Gasteiger partial charge >= 0.3 is 6.11 Å². The fourth-order valence-corrected chi connectivity index (χ4v) is 4.45. The highest BCUT2D eigenvalue weighted by molar-refractivity contribution is 5.51. The molecule has 0 heterocycles. The quantitative estimate of drug-likeness (QED) is 0.343. The highest BCUT2D eigenvalue weighted by Gasteiger charge is 2.48. The summed E-state index contributed by atoms with van der Waals surface area (Å²) >= 11 is 0. The number of hydrogen-bond donors (Lipinski definition) is 0. The second-order valence-corrected chi connectivity index (χ2v) is 8.89. The molecular formula is C26H22F8O. The lowest BCUT2D eigenvalue weighted by Crippen LogP contribution is -2.33. The maximum Gasteiger partial charge on any atom is 0.428 e. The first-order valence-electron chi connectivity index (χ1n) is 11.1. The van der Waals surface area contributed by atoms with Crippen LogP contribution in [0.5, 0.6) is 0 Å². The van der Waals surface area contributed by atoms with Gasteiger partial charge in [-0.2, -0.15) is 8.78 Å². The molecule has 0 aromatic heterocycles. The number of hydrogen-bond acceptors (Lipinski definition) is 1. The summed E-state index contributed by atoms with van der Waals surface area (Å²) in [5.41, 5.74) is 1.15. The van der Waals surface area contributed by atoms with Crippen LogP contribution in [0.4, 0.5) is 35.1 Å². The zero-order chi connectivity index (χ0) is 25.5. The Morgan fingerprint density at radius 3 is 2.03 bits per heavy atom. The van der Waals surface area contributed by atoms with Crippen molar-refractivity contribution in [2.75, 3.05) is 0 Å². The molecule has 0 saturated carbocycles. The molecular weight excluding hydrogens is 480 g/mol. The Balaban J connectivity index is 1.58. The van der Waals surface area contributed by atoms with E-state index in [0.29, 0.717) is 6.08 Å². The van der Waals surface area contributed by atoms with Crippen molar-refractivity contribution < 1.29 is 39.9 Å². The Bertz CT molecular complexity index is 1160. The first-order chi connectivity index (χ1) is 16.5. The van der Waals surface area contributed by atoms with Crippen molar-refractivity contribution in [2.45, 2.75) is 63.7 Å². The largest absolute Gasteiger partial charge is 0.433 e. The topological polar surface area (TPSA) is 9.23 Å². The lowest BCUT2D eigenvalue weighted by Gasteiger charge is -2.30. The van der Waals surface area contributed by atoms with E-state index in [4.69, 9.17) is 0 Å². The van der Waals surface area contributed by atoms with E-state index in [2.05, 4.69) is 4.74 Å². The summed E-state index contributed by atoms with van der Waals surface area (Å²) in [6.45, 7) is 1.99. The van der Waals surface area contributed by atoms with Gasteiger partial charge in [-0.15, -0.1) is 0 Å². The first-order valence-corrected chi connectivity index (χ1v) is 11.1. The molecule has 4 aliphatic rings. The van der Waals surface area contributed by atoms with Crippen LogP contribution in [0.3, 0.4) is 0 Å². The molecule has 4 aliphatic carbocycles. The summed E-state index contributed by atoms with van der Waals surface area (Å²) in [6, 6.07) is 0. The SMILES string of the molecule is CC1=CC=C(C2=CC=C(C3=CC(F)=C(C(F)(F)OC4=CC(F)=C(F)C(F)C4)C(F)C3)C(F)C2)CC1. The van der Waals surface area contributed by atoms with E-state index in [9.17, 15) is 35.1 Å². The first kappa shape index (κ1) is 25.3. The molecule has 0 spiro atoms. The number of alkyl halides is 5. The zero-order valence-electron chi connectivity index (χ0n) is 18.7. The maximum atomic E-state index is 15.0. The standard InChI is InChI=1S/C26H22F8O/c1-13-2-4-14(5-3-13)15-6-7-18(19(27)8-15)16-9-20(28)24(21(29)10-16)26(33,34)35-17-11-22(30)25(32)23(31)12-17/h2,4,6-7,9,11,19,21,23H,3,5,8,10,12H2,1H3. The molecule has 4 rings (SSSR count). The van der Waals surface area contributed by atoms with Gasteiger partial charge in [-0.3, -0.25) is 0 Å². The number of halogens is 8. The van der Waals surface area contributed by atoms with Crippen LogP contribution in [0.2, 0.25) is 0 Å². The summed E-state index contributed by atoms with van der Waals surface area (Å²) in [5, 5.41) is 0. The zero-order valence-corrected chi connectivity index (χ0v) is 18.7. The van der Waals surface area contributed by atoms with E-state index < -0.39 is 66.3 Å². The highest BCUT2D eigenvalue weighted by atomic mass is 19.3. The summed E-state index contributed by atoms with van der Waals surface area (Å²) < 4.78 is 118. The van der Waals surface area contributed by atoms with Gasteiger partial charge in [0.05, 0.1) is 0 Å². The van der Waals surface area contributed by atoms with Crippen LogP contribution in [0, 0.1) is 0 Å². The van der Waals surface area contributed by atoms with E-state index in [1.165, 1.54) is 11.6 Å². The maximum absolute atomic E-state index is 15.0. The average Bonchev–Trinajstić information content (AvgIpc) is 2.76. The summed E-state index contributed by atoms with van der Waals surface area (Å²) in [7, 11) is 0. The Morgan fingerprint density at radius 1 is 0.743 bits per heavy atom. The third-order valence-electron chi connectivity index (χ3n) is 6.36. The average molecular weight is 502 g/mol. The van der Waals surface area contributed by atoms with Crippen molar-refractivity contribution in [1.29, 1.82) is 0 Å². The summed E-state index contributed by atoms with van der Waals surface area (Å²) in [6.07, 6.45) is -3.76. The normalized spacial score (nSPS) is 28.1. The molecule has 0 radical (unpaired) electrons. The second kappa shape index (κ2) is 9.66. The number of allylic oxidation sites excluding steroid dienone is 15. The molecule has 188 valence electrons. The predicted octanol–water partition coefficient (Wildman–Crippen LogP) is 8.53. The van der Waals surface area contributed by atoms with E-state index in [1.54, 1.807) is 6.08 Å². The van der Waals surface area contributed by atoms with Gasteiger partial charge < -0.3 is 4.74 Å². The van der Waals surface area contributed by atoms with Crippen molar-refractivity contribution in [3.05, 3.63) is 93.1 Å². The van der Waals surface area contributed by atoms with Gasteiger partial charge in [0.2, 0.25) is 0 Å². The van der Waals surface area contributed by atoms with Gasteiger partial charge in [-0.1, -0.05) is 29.9 Å². The van der Waals surface area contributed by atoms with Crippen LogP contribution < -0.4 is 0 Å². The predicted molar refractivity (Wildman–Crippen MR) is 115 cm³/mol. The molecule has 0 fully saturated rings. The van der Waals surface area contributed by atoms with E-state index >= 15 is 0 Å². The van der Waals surface area contributed by atoms with E-state index in [-0.39, 0.29) is 23.6 Å². The fraction of sp³-hybridized carbons (Fsp3) is 0.385. The minimum atomic E-state index is -4.60. The third kappa shape index (κ3) is 5.23. The van der Waals surface area contributed by atoms with E-state index in [1.807, 2.05) is 19.1 Å². The molecule has 35 heavy (non-hydrogen) atoms. The molecule has 0 aliphatic heterocycles. The Kier molecular flexibility index (Phi) is 6.97. The molecule has 0 bridgehead atoms. The Morgan fingerprint density at radius 2 is 1.43 bits per heavy atom. The van der Waals surface area contributed by atoms with Gasteiger partial charge in [-0.05, 0) is 48.1 Å². The molecule has 0 aromatic rings. The van der Waals surface area contributed by atoms with E-state index in [0.717, 1.165) is 24.0 Å². The molecule has 0 saturated heterocycles. The van der Waals surface area contributed by atoms with Crippen LogP contribution in [-0.2, 0) is 4.74 Å². The highest BCUT2D eigenvalue weighted by Crippen LogP contribution is 2.44. The van der Waals surface area contributed by atoms with Crippen LogP contribution in [0.15, 0.2) is 93.1 Å². The molecule has 3 unspecified atom stereocenters. The smallest absolute Gasteiger partial charge is 0.428 e. The molecule has 1 nitrogen and oxygen atoms in total. The minimum absolute atomic E-state index is 0.00379. The Labute approximate surface area is 197 Å². The van der Waals surface area contributed by atoms with Crippen molar-refractivity contribution in [3.8, 4) is 0 Å². The number of rotatable bonds is 5. The van der Waals surface area contributed by atoms with Crippen LogP contribution in [0.25, 0.3) is 0 Å². The summed E-state index contributed by atoms with van der Waals surface area (Å²) in [5.74, 6) is -6.18. The summed E-state index contributed by atoms with van der Waals surface area (Å²) in [4.78, 5) is 0. The van der Waals surface area contributed by atoms with Crippen molar-refractivity contribution in [3.63, 3.8) is 0 Å². The van der Waals surface area contributed by atoms with Crippen LogP contribution in [-0.4, -0.2) is 24.6 Å². The van der Waals surface area contributed by atoms with Gasteiger partial charge in [0.15, 0.2) is 17.8 Å². The second-order valence-electron chi connectivity index (χ2n) is 8.89. The van der Waals surface area contributed by atoms with Gasteiger partial charge in [0.25, 0.3) is 0 Å². The van der Waals surface area contributed by atoms with Crippen molar-refractivity contribution in [1.82, 2.24) is 0 Å². The monoisotopic (exact) mass is 502 g/mol. The molecule has 3 atom stereocenters. The molecule has 0 aromatic carbocycles. The van der Waals surface area contributed by atoms with Gasteiger partial charge in [-0.25, -0.2) is 26.3 Å². The number of ether oxygens (including phenoxy) is 1. The lowest BCUT2D eigenvalue weighted by atomic mass is 9.82. The molecule has 0 N–H and O–H groups in total. The third-order valence-corrected chi connectivity index (χ3v) is 6.36. The van der Waals surface area contributed by atoms with Crippen molar-refractivity contribution >= 4 is 0 Å². The van der Waals surface area contributed by atoms with Crippen molar-refractivity contribution in [2.24, 2.45) is 0 Å². The molecule has 9 heteroatoms. The van der Waals surface area contributed by atoms with Gasteiger partial charge in [0, 0.05) is 25.3 Å². The van der Waals surface area contributed by atoms with Crippen LogP contribution in [0.1, 0.15) is 39.0 Å². The molecule has 0 amide bonds. The fourth-order valence-electron chi connectivity index (χ4n) is 4.45. The lowest BCUT2D eigenvalue weighted by molar-refractivity contribution is -0.192. The minimum Gasteiger partial charge on any atom is -0.433 e.